The van der Waals surface area contributed by atoms with Crippen molar-refractivity contribution < 1.29 is 0 Å². The van der Waals surface area contributed by atoms with Gasteiger partial charge < -0.3 is 4.98 Å². The molecular formula is C19H15N5. The van der Waals surface area contributed by atoms with Crippen molar-refractivity contribution in [3.8, 4) is 28.7 Å². The van der Waals surface area contributed by atoms with E-state index in [9.17, 15) is 5.26 Å². The molecule has 5 heteroatoms. The van der Waals surface area contributed by atoms with Crippen molar-refractivity contribution in [3.63, 3.8) is 0 Å². The number of nitrogens with zero attached hydrogens (tertiary/aromatic N) is 4. The van der Waals surface area contributed by atoms with Crippen LogP contribution < -0.4 is 0 Å². The largest absolute Gasteiger partial charge is 0.353 e. The van der Waals surface area contributed by atoms with Gasteiger partial charge in [-0.05, 0) is 37.6 Å². The minimum atomic E-state index is 0.489. The van der Waals surface area contributed by atoms with E-state index in [1.165, 1.54) is 0 Å². The summed E-state index contributed by atoms with van der Waals surface area (Å²) in [4.78, 5) is 7.84. The van der Waals surface area contributed by atoms with Gasteiger partial charge in [-0.1, -0.05) is 30.3 Å². The van der Waals surface area contributed by atoms with Crippen LogP contribution in [0.15, 0.2) is 48.5 Å². The molecule has 116 valence electrons. The van der Waals surface area contributed by atoms with E-state index in [4.69, 9.17) is 0 Å². The molecule has 0 aliphatic heterocycles. The summed E-state index contributed by atoms with van der Waals surface area (Å²) in [6, 6.07) is 18.2. The molecule has 5 nitrogen and oxygen atoms in total. The van der Waals surface area contributed by atoms with Crippen molar-refractivity contribution >= 4 is 5.65 Å². The van der Waals surface area contributed by atoms with Crippen LogP contribution in [-0.4, -0.2) is 19.6 Å². The molecule has 0 spiro atoms. The SMILES string of the molecule is Cc1cc(C)n2nc(-c3ccc(-c4ccccc4)[nH]3)c(C#N)c2n1. The average Bonchev–Trinajstić information content (AvgIpc) is 3.20. The van der Waals surface area contributed by atoms with Gasteiger partial charge in [0.05, 0.1) is 5.69 Å². The third-order valence-corrected chi connectivity index (χ3v) is 4.03. The average molecular weight is 313 g/mol. The lowest BCUT2D eigenvalue weighted by Gasteiger charge is -1.99. The van der Waals surface area contributed by atoms with Gasteiger partial charge in [0.2, 0.25) is 0 Å². The Hall–Kier alpha value is -3.39. The third kappa shape index (κ3) is 2.17. The van der Waals surface area contributed by atoms with Crippen molar-refractivity contribution in [3.05, 3.63) is 65.5 Å². The standard InChI is InChI=1S/C19H15N5/c1-12-10-13(2)24-19(21-12)15(11-20)18(23-24)17-9-8-16(22-17)14-6-4-3-5-7-14/h3-10,22H,1-2H3. The molecule has 3 aromatic heterocycles. The van der Waals surface area contributed by atoms with E-state index in [-0.39, 0.29) is 0 Å². The predicted octanol–water partition coefficient (Wildman–Crippen LogP) is 3.88. The van der Waals surface area contributed by atoms with Gasteiger partial charge in [0.15, 0.2) is 5.65 Å². The fourth-order valence-corrected chi connectivity index (χ4v) is 2.93. The summed E-state index contributed by atoms with van der Waals surface area (Å²) in [6.07, 6.45) is 0. The van der Waals surface area contributed by atoms with Gasteiger partial charge in [-0.15, -0.1) is 0 Å². The zero-order valence-corrected chi connectivity index (χ0v) is 13.4. The highest BCUT2D eigenvalue weighted by atomic mass is 15.3. The van der Waals surface area contributed by atoms with Crippen LogP contribution in [0.2, 0.25) is 0 Å². The highest BCUT2D eigenvalue weighted by Gasteiger charge is 2.18. The van der Waals surface area contributed by atoms with Crippen LogP contribution >= 0.6 is 0 Å². The fourth-order valence-electron chi connectivity index (χ4n) is 2.93. The second-order valence-corrected chi connectivity index (χ2v) is 5.76. The van der Waals surface area contributed by atoms with Crippen molar-refractivity contribution in [1.29, 1.82) is 5.26 Å². The van der Waals surface area contributed by atoms with E-state index in [0.717, 1.165) is 28.3 Å². The molecular weight excluding hydrogens is 298 g/mol. The smallest absolute Gasteiger partial charge is 0.174 e. The number of hydrogen-bond acceptors (Lipinski definition) is 3. The number of aryl methyl sites for hydroxylation is 2. The Labute approximate surface area is 139 Å². The van der Waals surface area contributed by atoms with Gasteiger partial charge in [0.25, 0.3) is 0 Å². The Kier molecular flexibility index (Phi) is 3.17. The quantitative estimate of drug-likeness (QED) is 0.610. The zero-order chi connectivity index (χ0) is 16.7. The van der Waals surface area contributed by atoms with Crippen LogP contribution in [0.1, 0.15) is 17.0 Å². The number of H-pyrrole nitrogens is 1. The molecule has 1 aromatic carbocycles. The van der Waals surface area contributed by atoms with E-state index in [0.29, 0.717) is 16.9 Å². The lowest BCUT2D eigenvalue weighted by atomic mass is 10.2. The van der Waals surface area contributed by atoms with E-state index >= 15 is 0 Å². The number of aromatic amines is 1. The predicted molar refractivity (Wildman–Crippen MR) is 92.4 cm³/mol. The van der Waals surface area contributed by atoms with Crippen LogP contribution in [0.3, 0.4) is 0 Å². The number of hydrogen-bond donors (Lipinski definition) is 1. The first-order valence-corrected chi connectivity index (χ1v) is 7.69. The Morgan fingerprint density at radius 1 is 1.04 bits per heavy atom. The summed E-state index contributed by atoms with van der Waals surface area (Å²) in [5.41, 5.74) is 6.44. The van der Waals surface area contributed by atoms with Gasteiger partial charge in [-0.25, -0.2) is 9.50 Å². The van der Waals surface area contributed by atoms with E-state index in [1.807, 2.05) is 62.4 Å². The molecule has 0 aliphatic carbocycles. The van der Waals surface area contributed by atoms with Gasteiger partial charge in [0, 0.05) is 17.1 Å². The molecule has 4 rings (SSSR count). The van der Waals surface area contributed by atoms with Crippen LogP contribution in [0.4, 0.5) is 0 Å². The van der Waals surface area contributed by atoms with Gasteiger partial charge in [0.1, 0.15) is 17.3 Å². The molecule has 0 saturated heterocycles. The van der Waals surface area contributed by atoms with Crippen LogP contribution in [0.25, 0.3) is 28.3 Å². The highest BCUT2D eigenvalue weighted by Crippen LogP contribution is 2.28. The van der Waals surface area contributed by atoms with Crippen LogP contribution in [0.5, 0.6) is 0 Å². The van der Waals surface area contributed by atoms with E-state index in [1.54, 1.807) is 4.52 Å². The number of rotatable bonds is 2. The first-order chi connectivity index (χ1) is 11.7. The summed E-state index contributed by atoms with van der Waals surface area (Å²) in [7, 11) is 0. The van der Waals surface area contributed by atoms with Crippen molar-refractivity contribution in [2.75, 3.05) is 0 Å². The van der Waals surface area contributed by atoms with Gasteiger partial charge in [-0.3, -0.25) is 0 Å². The molecule has 24 heavy (non-hydrogen) atoms. The van der Waals surface area contributed by atoms with E-state index < -0.39 is 0 Å². The first-order valence-electron chi connectivity index (χ1n) is 7.69. The second-order valence-electron chi connectivity index (χ2n) is 5.76. The molecule has 3 heterocycles. The van der Waals surface area contributed by atoms with Crippen molar-refractivity contribution in [1.82, 2.24) is 19.6 Å². The molecule has 1 N–H and O–H groups in total. The summed E-state index contributed by atoms with van der Waals surface area (Å²) >= 11 is 0. The zero-order valence-electron chi connectivity index (χ0n) is 13.4. The molecule has 0 fully saturated rings. The Bertz CT molecular complexity index is 1080. The maximum atomic E-state index is 9.62. The van der Waals surface area contributed by atoms with Crippen molar-refractivity contribution in [2.24, 2.45) is 0 Å². The topological polar surface area (TPSA) is 69.8 Å². The van der Waals surface area contributed by atoms with Crippen LogP contribution in [-0.2, 0) is 0 Å². The number of benzene rings is 1. The second kappa shape index (κ2) is 5.36. The van der Waals surface area contributed by atoms with Crippen LogP contribution in [0, 0.1) is 25.2 Å². The number of nitrogens with one attached hydrogen (secondary N) is 1. The highest BCUT2D eigenvalue weighted by molar-refractivity contribution is 5.75. The third-order valence-electron chi connectivity index (χ3n) is 4.03. The number of nitriles is 1. The number of aromatic nitrogens is 4. The first kappa shape index (κ1) is 14.2. The monoisotopic (exact) mass is 313 g/mol. The summed E-state index contributed by atoms with van der Waals surface area (Å²) in [5, 5.41) is 14.2. The Balaban J connectivity index is 1.90. The summed E-state index contributed by atoms with van der Waals surface area (Å²) in [6.45, 7) is 3.88. The molecule has 0 unspecified atom stereocenters. The number of fused-ring (bicyclic) bond motifs is 1. The maximum Gasteiger partial charge on any atom is 0.174 e. The lowest BCUT2D eigenvalue weighted by molar-refractivity contribution is 0.888. The lowest BCUT2D eigenvalue weighted by Crippen LogP contribution is -1.97. The van der Waals surface area contributed by atoms with Gasteiger partial charge >= 0.3 is 0 Å². The molecule has 0 saturated carbocycles. The molecule has 0 atom stereocenters. The minimum Gasteiger partial charge on any atom is -0.353 e. The molecule has 0 radical (unpaired) electrons. The maximum absolute atomic E-state index is 9.62. The fraction of sp³-hybridized carbons (Fsp3) is 0.105. The molecule has 0 amide bonds. The van der Waals surface area contributed by atoms with Gasteiger partial charge in [-0.2, -0.15) is 10.4 Å². The Morgan fingerprint density at radius 2 is 1.79 bits per heavy atom. The normalized spacial score (nSPS) is 10.9. The summed E-state index contributed by atoms with van der Waals surface area (Å²) < 4.78 is 1.73. The summed E-state index contributed by atoms with van der Waals surface area (Å²) in [5.74, 6) is 0. The molecule has 0 aliphatic rings. The minimum absolute atomic E-state index is 0.489. The molecule has 0 bridgehead atoms. The van der Waals surface area contributed by atoms with E-state index in [2.05, 4.69) is 21.1 Å². The molecule has 4 aromatic rings. The van der Waals surface area contributed by atoms with Crippen molar-refractivity contribution in [2.45, 2.75) is 13.8 Å². The Morgan fingerprint density at radius 3 is 2.54 bits per heavy atom.